The van der Waals surface area contributed by atoms with E-state index >= 15 is 0 Å². The minimum atomic E-state index is 1.18. The van der Waals surface area contributed by atoms with E-state index in [9.17, 15) is 0 Å². The summed E-state index contributed by atoms with van der Waals surface area (Å²) < 4.78 is 4.95. The molecule has 0 unspecified atom stereocenters. The molecule has 7 aromatic rings. The number of nitrogens with zero attached hydrogens (tertiary/aromatic N) is 2. The van der Waals surface area contributed by atoms with Crippen LogP contribution in [0.2, 0.25) is 0 Å². The summed E-state index contributed by atoms with van der Waals surface area (Å²) in [6.07, 6.45) is 0. The SMILES string of the molecule is c1ccc(-c2cccc3c2c2c4cccc5c4n(c2n3-c2ccccc2)-c2ccccc2S5)cc1. The minimum absolute atomic E-state index is 1.18. The molecule has 0 bridgehead atoms. The molecule has 35 heavy (non-hydrogen) atoms. The molecule has 0 N–H and O–H groups in total. The van der Waals surface area contributed by atoms with E-state index in [1.807, 2.05) is 11.8 Å². The Morgan fingerprint density at radius 3 is 2.09 bits per heavy atom. The summed E-state index contributed by atoms with van der Waals surface area (Å²) in [4.78, 5) is 2.60. The Balaban J connectivity index is 1.68. The molecule has 5 aromatic carbocycles. The molecule has 0 spiro atoms. The van der Waals surface area contributed by atoms with Crippen LogP contribution < -0.4 is 0 Å². The van der Waals surface area contributed by atoms with Gasteiger partial charge in [-0.25, -0.2) is 0 Å². The minimum Gasteiger partial charge on any atom is -0.295 e. The van der Waals surface area contributed by atoms with Crippen LogP contribution in [0.4, 0.5) is 0 Å². The second-order valence-electron chi connectivity index (χ2n) is 8.99. The van der Waals surface area contributed by atoms with Gasteiger partial charge in [0, 0.05) is 31.6 Å². The van der Waals surface area contributed by atoms with Crippen molar-refractivity contribution in [2.45, 2.75) is 9.79 Å². The Bertz CT molecular complexity index is 1910. The van der Waals surface area contributed by atoms with Crippen molar-refractivity contribution in [3.63, 3.8) is 0 Å². The van der Waals surface area contributed by atoms with Gasteiger partial charge in [-0.05, 0) is 47.5 Å². The fourth-order valence-electron chi connectivity index (χ4n) is 5.71. The van der Waals surface area contributed by atoms with Crippen molar-refractivity contribution >= 4 is 44.6 Å². The van der Waals surface area contributed by atoms with Gasteiger partial charge in [0.15, 0.2) is 0 Å². The molecule has 8 rings (SSSR count). The van der Waals surface area contributed by atoms with Crippen LogP contribution in [-0.4, -0.2) is 9.13 Å². The van der Waals surface area contributed by atoms with E-state index in [2.05, 4.69) is 130 Å². The van der Waals surface area contributed by atoms with Crippen molar-refractivity contribution in [2.24, 2.45) is 0 Å². The predicted molar refractivity (Wildman–Crippen MR) is 147 cm³/mol. The second kappa shape index (κ2) is 7.14. The summed E-state index contributed by atoms with van der Waals surface area (Å²) in [5.41, 5.74) is 8.69. The maximum absolute atomic E-state index is 2.49. The van der Waals surface area contributed by atoms with Crippen LogP contribution in [-0.2, 0) is 0 Å². The summed E-state index contributed by atoms with van der Waals surface area (Å²) in [5.74, 6) is 0. The van der Waals surface area contributed by atoms with Crippen molar-refractivity contribution in [3.05, 3.63) is 121 Å². The van der Waals surface area contributed by atoms with Gasteiger partial charge in [-0.3, -0.25) is 9.13 Å². The molecule has 0 atom stereocenters. The van der Waals surface area contributed by atoms with Crippen LogP contribution in [0.25, 0.3) is 55.3 Å². The first-order valence-electron chi connectivity index (χ1n) is 11.9. The lowest BCUT2D eigenvalue weighted by Crippen LogP contribution is -2.05. The Kier molecular flexibility index (Phi) is 3.91. The first-order chi connectivity index (χ1) is 17.4. The normalized spacial score (nSPS) is 12.5. The summed E-state index contributed by atoms with van der Waals surface area (Å²) in [7, 11) is 0. The predicted octanol–water partition coefficient (Wildman–Crippen LogP) is 8.86. The molecule has 1 aliphatic heterocycles. The summed E-state index contributed by atoms with van der Waals surface area (Å²) in [5, 5.41) is 3.93. The maximum Gasteiger partial charge on any atom is 0.131 e. The molecule has 0 fully saturated rings. The van der Waals surface area contributed by atoms with E-state index in [0.29, 0.717) is 0 Å². The van der Waals surface area contributed by atoms with Gasteiger partial charge in [0.2, 0.25) is 0 Å². The molecule has 0 radical (unpaired) electrons. The number of rotatable bonds is 2. The number of benzene rings is 5. The zero-order valence-electron chi connectivity index (χ0n) is 18.8. The van der Waals surface area contributed by atoms with E-state index in [1.165, 1.54) is 65.1 Å². The van der Waals surface area contributed by atoms with Gasteiger partial charge >= 0.3 is 0 Å². The standard InChI is InChI=1S/C32H20N2S/c1-3-11-21(12-4-1)23-15-9-18-26-29(23)30-24-16-10-20-28-31(24)34(25-17-7-8-19-27(25)35-28)32(30)33(26)22-13-5-2-6-14-22/h1-20H. The first kappa shape index (κ1) is 19.1. The molecular formula is C32H20N2S. The van der Waals surface area contributed by atoms with Gasteiger partial charge in [-0.15, -0.1) is 0 Å². The molecule has 2 aromatic heterocycles. The Hall–Kier alpha value is -4.21. The molecule has 164 valence electrons. The van der Waals surface area contributed by atoms with Crippen LogP contribution in [0.5, 0.6) is 0 Å². The van der Waals surface area contributed by atoms with E-state index in [-0.39, 0.29) is 0 Å². The molecule has 0 amide bonds. The Labute approximate surface area is 207 Å². The van der Waals surface area contributed by atoms with Crippen LogP contribution in [0.15, 0.2) is 131 Å². The number of hydrogen-bond acceptors (Lipinski definition) is 1. The Morgan fingerprint density at radius 2 is 1.23 bits per heavy atom. The van der Waals surface area contributed by atoms with Crippen LogP contribution >= 0.6 is 11.8 Å². The van der Waals surface area contributed by atoms with Crippen LogP contribution in [0, 0.1) is 0 Å². The highest BCUT2D eigenvalue weighted by Gasteiger charge is 2.28. The van der Waals surface area contributed by atoms with Crippen molar-refractivity contribution in [3.8, 4) is 22.5 Å². The molecule has 0 saturated heterocycles. The monoisotopic (exact) mass is 464 g/mol. The summed E-state index contributed by atoms with van der Waals surface area (Å²) in [6.45, 7) is 0. The molecule has 3 heterocycles. The highest BCUT2D eigenvalue weighted by molar-refractivity contribution is 7.99. The molecular weight excluding hydrogens is 444 g/mol. The average molecular weight is 465 g/mol. The third kappa shape index (κ3) is 2.56. The van der Waals surface area contributed by atoms with Crippen LogP contribution in [0.1, 0.15) is 0 Å². The lowest BCUT2D eigenvalue weighted by molar-refractivity contribution is 1.03. The quantitative estimate of drug-likeness (QED) is 0.248. The molecule has 2 nitrogen and oxygen atoms in total. The average Bonchev–Trinajstić information content (AvgIpc) is 3.44. The largest absolute Gasteiger partial charge is 0.295 e. The van der Waals surface area contributed by atoms with Crippen molar-refractivity contribution in [1.29, 1.82) is 0 Å². The second-order valence-corrected chi connectivity index (χ2v) is 10.1. The zero-order valence-corrected chi connectivity index (χ0v) is 19.7. The van der Waals surface area contributed by atoms with Gasteiger partial charge in [0.25, 0.3) is 0 Å². The fourth-order valence-corrected chi connectivity index (χ4v) is 6.81. The van der Waals surface area contributed by atoms with E-state index in [0.717, 1.165) is 0 Å². The highest BCUT2D eigenvalue weighted by Crippen LogP contribution is 2.50. The molecule has 1 aliphatic rings. The van der Waals surface area contributed by atoms with Gasteiger partial charge in [-0.2, -0.15) is 0 Å². The van der Waals surface area contributed by atoms with Crippen molar-refractivity contribution in [2.75, 3.05) is 0 Å². The number of fused-ring (bicyclic) bond motifs is 7. The third-order valence-electron chi connectivity index (χ3n) is 7.10. The number of hydrogen-bond donors (Lipinski definition) is 0. The Morgan fingerprint density at radius 1 is 0.514 bits per heavy atom. The maximum atomic E-state index is 2.49. The van der Waals surface area contributed by atoms with E-state index < -0.39 is 0 Å². The fraction of sp³-hybridized carbons (Fsp3) is 0. The number of para-hydroxylation sites is 3. The molecule has 0 aliphatic carbocycles. The van der Waals surface area contributed by atoms with Crippen molar-refractivity contribution < 1.29 is 0 Å². The summed E-state index contributed by atoms with van der Waals surface area (Å²) >= 11 is 1.87. The van der Waals surface area contributed by atoms with Gasteiger partial charge < -0.3 is 0 Å². The van der Waals surface area contributed by atoms with Crippen molar-refractivity contribution in [1.82, 2.24) is 9.13 Å². The highest BCUT2D eigenvalue weighted by atomic mass is 32.2. The van der Waals surface area contributed by atoms with Gasteiger partial charge in [0.1, 0.15) is 5.65 Å². The topological polar surface area (TPSA) is 9.86 Å². The number of aromatic nitrogens is 2. The third-order valence-corrected chi connectivity index (χ3v) is 8.21. The zero-order chi connectivity index (χ0) is 22.9. The molecule has 3 heteroatoms. The van der Waals surface area contributed by atoms with E-state index in [1.54, 1.807) is 0 Å². The van der Waals surface area contributed by atoms with Gasteiger partial charge in [-0.1, -0.05) is 96.7 Å². The van der Waals surface area contributed by atoms with E-state index in [4.69, 9.17) is 0 Å². The molecule has 0 saturated carbocycles. The smallest absolute Gasteiger partial charge is 0.131 e. The lowest BCUT2D eigenvalue weighted by atomic mass is 9.99. The summed E-state index contributed by atoms with van der Waals surface area (Å²) in [6, 6.07) is 43.8. The lowest BCUT2D eigenvalue weighted by Gasteiger charge is -2.21. The first-order valence-corrected chi connectivity index (χ1v) is 12.7. The van der Waals surface area contributed by atoms with Crippen LogP contribution in [0.3, 0.4) is 0 Å². The van der Waals surface area contributed by atoms with Gasteiger partial charge in [0.05, 0.1) is 16.7 Å².